The largest absolute Gasteiger partial charge is 0.367 e. The summed E-state index contributed by atoms with van der Waals surface area (Å²) in [6.07, 6.45) is 8.41. The molecule has 1 fully saturated rings. The molecule has 0 bridgehead atoms. The standard InChI is InChI=1S/C23H24B2N6O2S/c24-18-5-1-2-6-21(18)34(32,33)30-10-7-17(8-11-30)20-12-22(27-14-16-4-3-9-26-13-16)31-23(29-20)19(25)15-28-31/h1-6,9,12-13,15,17,19,23,29H,7-8,10-11,14H2. The van der Waals surface area contributed by atoms with E-state index in [0.29, 0.717) is 32.5 Å². The molecule has 0 aliphatic carbocycles. The highest BCUT2D eigenvalue weighted by molar-refractivity contribution is 7.89. The number of hydrogen-bond acceptors (Lipinski definition) is 6. The van der Waals surface area contributed by atoms with E-state index in [-0.39, 0.29) is 28.3 Å². The third-order valence-electron chi connectivity index (χ3n) is 6.40. The van der Waals surface area contributed by atoms with Crippen LogP contribution in [0.4, 0.5) is 0 Å². The maximum atomic E-state index is 13.1. The molecule has 2 atom stereocenters. The molecule has 11 heteroatoms. The molecule has 1 aromatic heterocycles. The Hall–Kier alpha value is -2.91. The normalized spacial score (nSPS) is 24.6. The van der Waals surface area contributed by atoms with Crippen LogP contribution in [0.1, 0.15) is 18.4 Å². The summed E-state index contributed by atoms with van der Waals surface area (Å²) in [7, 11) is 8.57. The van der Waals surface area contributed by atoms with Gasteiger partial charge >= 0.3 is 0 Å². The molecule has 2 aromatic rings. The third kappa shape index (κ3) is 4.42. The van der Waals surface area contributed by atoms with E-state index < -0.39 is 10.0 Å². The fourth-order valence-electron chi connectivity index (χ4n) is 4.52. The highest BCUT2D eigenvalue weighted by Crippen LogP contribution is 2.32. The Balaban J connectivity index is 1.33. The van der Waals surface area contributed by atoms with Crippen molar-refractivity contribution < 1.29 is 8.42 Å². The van der Waals surface area contributed by atoms with Crippen molar-refractivity contribution in [2.75, 3.05) is 13.1 Å². The average molecular weight is 470 g/mol. The number of hydrazone groups is 1. The molecule has 2 unspecified atom stereocenters. The van der Waals surface area contributed by atoms with Crippen molar-refractivity contribution in [1.82, 2.24) is 19.6 Å². The molecule has 5 rings (SSSR count). The number of pyridine rings is 1. The van der Waals surface area contributed by atoms with Crippen molar-refractivity contribution in [3.05, 3.63) is 66.1 Å². The first-order chi connectivity index (χ1) is 16.4. The monoisotopic (exact) mass is 470 g/mol. The van der Waals surface area contributed by atoms with Gasteiger partial charge < -0.3 is 5.32 Å². The number of amidine groups is 1. The molecule has 170 valence electrons. The van der Waals surface area contributed by atoms with Crippen molar-refractivity contribution in [3.8, 4) is 0 Å². The lowest BCUT2D eigenvalue weighted by molar-refractivity contribution is 0.259. The molecule has 3 aliphatic heterocycles. The van der Waals surface area contributed by atoms with E-state index in [1.54, 1.807) is 42.9 Å². The zero-order chi connectivity index (χ0) is 23.7. The van der Waals surface area contributed by atoms with Crippen LogP contribution in [0.25, 0.3) is 0 Å². The predicted molar refractivity (Wildman–Crippen MR) is 134 cm³/mol. The number of aromatic nitrogens is 1. The van der Waals surface area contributed by atoms with Gasteiger partial charge in [-0.25, -0.2) is 13.4 Å². The number of nitrogens with one attached hydrogen (secondary N) is 1. The second-order valence-corrected chi connectivity index (χ2v) is 10.5. The van der Waals surface area contributed by atoms with Gasteiger partial charge in [0, 0.05) is 49.4 Å². The van der Waals surface area contributed by atoms with Crippen LogP contribution in [0.2, 0.25) is 5.82 Å². The lowest BCUT2D eigenvalue weighted by Crippen LogP contribution is -2.51. The molecule has 1 aromatic carbocycles. The van der Waals surface area contributed by atoms with Gasteiger partial charge in [0.2, 0.25) is 10.0 Å². The zero-order valence-electron chi connectivity index (χ0n) is 18.7. The Morgan fingerprint density at radius 2 is 1.94 bits per heavy atom. The molecular formula is C23H24B2N6O2S. The number of fused-ring (bicyclic) bond motifs is 1. The van der Waals surface area contributed by atoms with Crippen LogP contribution >= 0.6 is 0 Å². The van der Waals surface area contributed by atoms with Gasteiger partial charge in [0.25, 0.3) is 0 Å². The molecule has 4 radical (unpaired) electrons. The second kappa shape index (κ2) is 9.38. The topological polar surface area (TPSA) is 90.3 Å². The predicted octanol–water partition coefficient (Wildman–Crippen LogP) is 0.946. The van der Waals surface area contributed by atoms with Crippen LogP contribution in [0.15, 0.2) is 75.6 Å². The van der Waals surface area contributed by atoms with Crippen LogP contribution in [0.5, 0.6) is 0 Å². The number of sulfonamides is 1. The number of benzene rings is 1. The minimum atomic E-state index is -3.63. The van der Waals surface area contributed by atoms with Gasteiger partial charge in [0.05, 0.1) is 19.3 Å². The van der Waals surface area contributed by atoms with Gasteiger partial charge in [0.1, 0.15) is 19.8 Å². The number of nitrogens with zero attached hydrogens (tertiary/aromatic N) is 5. The molecule has 1 N–H and O–H groups in total. The number of aliphatic imine (C=N–C) groups is 1. The lowest BCUT2D eigenvalue weighted by atomic mass is 9.84. The first-order valence-corrected chi connectivity index (χ1v) is 12.7. The number of rotatable bonds is 5. The first kappa shape index (κ1) is 22.9. The summed E-state index contributed by atoms with van der Waals surface area (Å²) in [5.74, 6) is 0.630. The Labute approximate surface area is 202 Å². The Morgan fingerprint density at radius 1 is 1.15 bits per heavy atom. The van der Waals surface area contributed by atoms with E-state index in [9.17, 15) is 8.42 Å². The third-order valence-corrected chi connectivity index (χ3v) is 8.37. The van der Waals surface area contributed by atoms with Crippen molar-refractivity contribution >= 4 is 43.2 Å². The van der Waals surface area contributed by atoms with E-state index in [1.165, 1.54) is 4.31 Å². The van der Waals surface area contributed by atoms with Gasteiger partial charge in [-0.15, -0.1) is 0 Å². The summed E-state index contributed by atoms with van der Waals surface area (Å²) in [5, 5.41) is 9.75. The number of piperidine rings is 1. The molecular weight excluding hydrogens is 446 g/mol. The molecule has 1 saturated heterocycles. The summed E-state index contributed by atoms with van der Waals surface area (Å²) in [6, 6.07) is 10.5. The number of hydrogen-bond donors (Lipinski definition) is 1. The van der Waals surface area contributed by atoms with Gasteiger partial charge in [0.15, 0.2) is 0 Å². The molecule has 0 saturated carbocycles. The summed E-state index contributed by atoms with van der Waals surface area (Å²) in [5.41, 5.74) is 2.29. The average Bonchev–Trinajstić information content (AvgIpc) is 3.24. The fraction of sp³-hybridized carbons (Fsp3) is 0.348. The van der Waals surface area contributed by atoms with E-state index in [4.69, 9.17) is 20.7 Å². The first-order valence-electron chi connectivity index (χ1n) is 11.3. The van der Waals surface area contributed by atoms with Crippen molar-refractivity contribution in [3.63, 3.8) is 0 Å². The van der Waals surface area contributed by atoms with Gasteiger partial charge in [-0.3, -0.25) is 9.98 Å². The van der Waals surface area contributed by atoms with Gasteiger partial charge in [-0.05, 0) is 36.4 Å². The van der Waals surface area contributed by atoms with Crippen LogP contribution in [-0.2, 0) is 16.6 Å². The molecule has 0 spiro atoms. The van der Waals surface area contributed by atoms with E-state index in [0.717, 1.165) is 17.1 Å². The summed E-state index contributed by atoms with van der Waals surface area (Å²) in [4.78, 5) is 9.09. The van der Waals surface area contributed by atoms with Crippen LogP contribution < -0.4 is 10.8 Å². The van der Waals surface area contributed by atoms with Crippen molar-refractivity contribution in [1.29, 1.82) is 0 Å². The molecule has 0 amide bonds. The molecule has 34 heavy (non-hydrogen) atoms. The molecule has 8 nitrogen and oxygen atoms in total. The Kier molecular flexibility index (Phi) is 6.31. The summed E-state index contributed by atoms with van der Waals surface area (Å²) >= 11 is 0. The second-order valence-electron chi connectivity index (χ2n) is 8.63. The van der Waals surface area contributed by atoms with Crippen LogP contribution in [-0.4, -0.2) is 69.7 Å². The summed E-state index contributed by atoms with van der Waals surface area (Å²) in [6.45, 7) is 1.31. The Morgan fingerprint density at radius 3 is 2.68 bits per heavy atom. The van der Waals surface area contributed by atoms with Crippen LogP contribution in [0, 0.1) is 5.92 Å². The highest BCUT2D eigenvalue weighted by atomic mass is 32.2. The minimum Gasteiger partial charge on any atom is -0.367 e. The van der Waals surface area contributed by atoms with E-state index in [1.807, 2.05) is 23.2 Å². The smallest absolute Gasteiger partial charge is 0.242 e. The minimum absolute atomic E-state index is 0.165. The van der Waals surface area contributed by atoms with Crippen molar-refractivity contribution in [2.45, 2.75) is 36.3 Å². The maximum absolute atomic E-state index is 13.1. The fourth-order valence-corrected chi connectivity index (χ4v) is 6.11. The Bertz CT molecular complexity index is 1240. The van der Waals surface area contributed by atoms with Gasteiger partial charge in [-0.2, -0.15) is 9.41 Å². The molecule has 4 heterocycles. The SMILES string of the molecule is [B]c1ccccc1S(=O)(=O)N1CCC(C2=CC(=NCc3cccnc3)N3N=CC([B])C3N2)CC1. The van der Waals surface area contributed by atoms with E-state index in [2.05, 4.69) is 15.4 Å². The molecule has 3 aliphatic rings. The van der Waals surface area contributed by atoms with Crippen LogP contribution in [0.3, 0.4) is 0 Å². The maximum Gasteiger partial charge on any atom is 0.242 e. The lowest BCUT2D eigenvalue weighted by Gasteiger charge is -2.39. The number of allylic oxidation sites excluding steroid dienone is 1. The highest BCUT2D eigenvalue weighted by Gasteiger charge is 2.37. The van der Waals surface area contributed by atoms with Crippen molar-refractivity contribution in [2.24, 2.45) is 16.0 Å². The van der Waals surface area contributed by atoms with Gasteiger partial charge in [-0.1, -0.05) is 29.7 Å². The summed E-state index contributed by atoms with van der Waals surface area (Å²) < 4.78 is 27.7. The zero-order valence-corrected chi connectivity index (χ0v) is 19.5. The quantitative estimate of drug-likeness (QED) is 0.658. The van der Waals surface area contributed by atoms with E-state index >= 15 is 0 Å².